The SMILES string of the molecule is CCn1c2ccccc2c2cc(CN3CCN(S(=O)(=O)c4ccc(C)cc4)CC3)ccc21. The number of para-hydroxylation sites is 1. The minimum Gasteiger partial charge on any atom is -0.341 e. The molecule has 0 amide bonds. The number of hydrogen-bond donors (Lipinski definition) is 0. The highest BCUT2D eigenvalue weighted by molar-refractivity contribution is 7.89. The van der Waals surface area contributed by atoms with Gasteiger partial charge < -0.3 is 4.57 Å². The van der Waals surface area contributed by atoms with Gasteiger partial charge in [0.25, 0.3) is 0 Å². The Balaban J connectivity index is 1.32. The Bertz CT molecular complexity index is 1370. The van der Waals surface area contributed by atoms with E-state index in [0.717, 1.165) is 31.7 Å². The van der Waals surface area contributed by atoms with Gasteiger partial charge in [-0.05, 0) is 49.7 Å². The molecule has 32 heavy (non-hydrogen) atoms. The third-order valence-electron chi connectivity index (χ3n) is 6.55. The molecular weight excluding hydrogens is 418 g/mol. The van der Waals surface area contributed by atoms with Crippen molar-refractivity contribution in [2.24, 2.45) is 0 Å². The summed E-state index contributed by atoms with van der Waals surface area (Å²) in [4.78, 5) is 2.73. The van der Waals surface area contributed by atoms with Crippen LogP contribution in [-0.2, 0) is 23.1 Å². The first-order valence-corrected chi connectivity index (χ1v) is 12.7. The fourth-order valence-electron chi connectivity index (χ4n) is 4.79. The van der Waals surface area contributed by atoms with Gasteiger partial charge in [-0.2, -0.15) is 4.31 Å². The number of fused-ring (bicyclic) bond motifs is 3. The van der Waals surface area contributed by atoms with Crippen molar-refractivity contribution in [2.45, 2.75) is 31.8 Å². The van der Waals surface area contributed by atoms with E-state index in [-0.39, 0.29) is 0 Å². The number of hydrogen-bond acceptors (Lipinski definition) is 3. The number of piperazine rings is 1. The van der Waals surface area contributed by atoms with Crippen LogP contribution in [0.5, 0.6) is 0 Å². The van der Waals surface area contributed by atoms with Crippen molar-refractivity contribution in [1.82, 2.24) is 13.8 Å². The van der Waals surface area contributed by atoms with Crippen molar-refractivity contribution in [3.8, 4) is 0 Å². The monoisotopic (exact) mass is 447 g/mol. The minimum atomic E-state index is -3.42. The van der Waals surface area contributed by atoms with Gasteiger partial charge in [-0.1, -0.05) is 42.0 Å². The van der Waals surface area contributed by atoms with Gasteiger partial charge in [0, 0.05) is 61.1 Å². The number of nitrogens with zero attached hydrogens (tertiary/aromatic N) is 3. The topological polar surface area (TPSA) is 45.5 Å². The Kier molecular flexibility index (Phi) is 5.53. The third-order valence-corrected chi connectivity index (χ3v) is 8.46. The molecule has 1 fully saturated rings. The average Bonchev–Trinajstić information content (AvgIpc) is 3.13. The van der Waals surface area contributed by atoms with E-state index in [1.165, 1.54) is 27.4 Å². The number of aryl methyl sites for hydroxylation is 2. The molecule has 0 spiro atoms. The summed E-state index contributed by atoms with van der Waals surface area (Å²) in [5.74, 6) is 0. The van der Waals surface area contributed by atoms with Crippen molar-refractivity contribution in [2.75, 3.05) is 26.2 Å². The van der Waals surface area contributed by atoms with E-state index in [9.17, 15) is 8.42 Å². The van der Waals surface area contributed by atoms with E-state index in [1.54, 1.807) is 16.4 Å². The van der Waals surface area contributed by atoms with Crippen molar-refractivity contribution < 1.29 is 8.42 Å². The molecule has 1 saturated heterocycles. The lowest BCUT2D eigenvalue weighted by Crippen LogP contribution is -2.48. The largest absolute Gasteiger partial charge is 0.341 e. The highest BCUT2D eigenvalue weighted by Crippen LogP contribution is 2.30. The predicted molar refractivity (Wildman–Crippen MR) is 130 cm³/mol. The minimum absolute atomic E-state index is 0.384. The zero-order valence-electron chi connectivity index (χ0n) is 18.7. The second-order valence-corrected chi connectivity index (χ2v) is 10.5. The molecular formula is C26H29N3O2S. The highest BCUT2D eigenvalue weighted by Gasteiger charge is 2.28. The quantitative estimate of drug-likeness (QED) is 0.448. The molecule has 166 valence electrons. The molecule has 1 aliphatic heterocycles. The number of rotatable bonds is 5. The molecule has 1 aromatic heterocycles. The van der Waals surface area contributed by atoms with E-state index >= 15 is 0 Å². The van der Waals surface area contributed by atoms with Crippen LogP contribution in [0.1, 0.15) is 18.1 Å². The maximum atomic E-state index is 13.0. The summed E-state index contributed by atoms with van der Waals surface area (Å²) in [6.07, 6.45) is 0. The fraction of sp³-hybridized carbons (Fsp3) is 0.308. The fourth-order valence-corrected chi connectivity index (χ4v) is 6.21. The molecule has 0 radical (unpaired) electrons. The van der Waals surface area contributed by atoms with Gasteiger partial charge in [-0.25, -0.2) is 8.42 Å². The second-order valence-electron chi connectivity index (χ2n) is 8.61. The first-order valence-electron chi connectivity index (χ1n) is 11.3. The van der Waals surface area contributed by atoms with Gasteiger partial charge >= 0.3 is 0 Å². The van der Waals surface area contributed by atoms with E-state index in [4.69, 9.17) is 0 Å². The Morgan fingerprint density at radius 2 is 1.50 bits per heavy atom. The van der Waals surface area contributed by atoms with Gasteiger partial charge in [0.1, 0.15) is 0 Å². The zero-order valence-corrected chi connectivity index (χ0v) is 19.5. The molecule has 3 aromatic carbocycles. The van der Waals surface area contributed by atoms with Gasteiger partial charge in [0.05, 0.1) is 4.90 Å². The summed E-state index contributed by atoms with van der Waals surface area (Å²) in [5.41, 5.74) is 4.88. The summed E-state index contributed by atoms with van der Waals surface area (Å²) < 4.78 is 29.9. The second kappa shape index (κ2) is 8.35. The van der Waals surface area contributed by atoms with E-state index < -0.39 is 10.0 Å². The maximum Gasteiger partial charge on any atom is 0.243 e. The van der Waals surface area contributed by atoms with Crippen LogP contribution in [-0.4, -0.2) is 48.4 Å². The maximum absolute atomic E-state index is 13.0. The van der Waals surface area contributed by atoms with Crippen molar-refractivity contribution in [1.29, 1.82) is 0 Å². The van der Waals surface area contributed by atoms with Gasteiger partial charge in [0.2, 0.25) is 10.0 Å². The van der Waals surface area contributed by atoms with Crippen LogP contribution in [0.25, 0.3) is 21.8 Å². The molecule has 1 aliphatic rings. The molecule has 0 saturated carbocycles. The Morgan fingerprint density at radius 3 is 2.22 bits per heavy atom. The Hall–Kier alpha value is -2.67. The number of aromatic nitrogens is 1. The molecule has 5 nitrogen and oxygen atoms in total. The number of benzene rings is 3. The summed E-state index contributed by atoms with van der Waals surface area (Å²) in [7, 11) is -3.42. The van der Waals surface area contributed by atoms with Crippen molar-refractivity contribution in [3.63, 3.8) is 0 Å². The zero-order chi connectivity index (χ0) is 22.3. The van der Waals surface area contributed by atoms with Crippen molar-refractivity contribution >= 4 is 31.8 Å². The molecule has 5 rings (SSSR count). The standard InChI is InChI=1S/C26H29N3O2S/c1-3-29-25-7-5-4-6-23(25)24-18-21(10-13-26(24)29)19-27-14-16-28(17-15-27)32(30,31)22-11-8-20(2)9-12-22/h4-13,18H,3,14-17,19H2,1-2H3. The molecule has 0 aliphatic carbocycles. The average molecular weight is 448 g/mol. The van der Waals surface area contributed by atoms with E-state index in [1.807, 2.05) is 19.1 Å². The summed E-state index contributed by atoms with van der Waals surface area (Å²) in [6.45, 7) is 8.44. The summed E-state index contributed by atoms with van der Waals surface area (Å²) >= 11 is 0. The predicted octanol–water partition coefficient (Wildman–Crippen LogP) is 4.63. The molecule has 0 N–H and O–H groups in total. The van der Waals surface area contributed by atoms with E-state index in [0.29, 0.717) is 18.0 Å². The third kappa shape index (κ3) is 3.72. The molecule has 6 heteroatoms. The van der Waals surface area contributed by atoms with Crippen LogP contribution in [0, 0.1) is 6.92 Å². The number of sulfonamides is 1. The van der Waals surface area contributed by atoms with Crippen molar-refractivity contribution in [3.05, 3.63) is 77.9 Å². The van der Waals surface area contributed by atoms with Crippen LogP contribution in [0.4, 0.5) is 0 Å². The highest BCUT2D eigenvalue weighted by atomic mass is 32.2. The summed E-state index contributed by atoms with van der Waals surface area (Å²) in [6, 6.07) is 22.4. The molecule has 4 aromatic rings. The lowest BCUT2D eigenvalue weighted by atomic mass is 10.1. The first kappa shape index (κ1) is 21.2. The molecule has 2 heterocycles. The van der Waals surface area contributed by atoms with Gasteiger partial charge in [0.15, 0.2) is 0 Å². The van der Waals surface area contributed by atoms with Crippen LogP contribution < -0.4 is 0 Å². The molecule has 0 bridgehead atoms. The van der Waals surface area contributed by atoms with Crippen LogP contribution >= 0.6 is 0 Å². The Morgan fingerprint density at radius 1 is 0.812 bits per heavy atom. The molecule has 0 unspecified atom stereocenters. The van der Waals surface area contributed by atoms with Gasteiger partial charge in [-0.3, -0.25) is 4.90 Å². The van der Waals surface area contributed by atoms with Crippen LogP contribution in [0.15, 0.2) is 71.6 Å². The smallest absolute Gasteiger partial charge is 0.243 e. The van der Waals surface area contributed by atoms with Crippen LogP contribution in [0.3, 0.4) is 0 Å². The summed E-state index contributed by atoms with van der Waals surface area (Å²) in [5, 5.41) is 2.58. The van der Waals surface area contributed by atoms with Gasteiger partial charge in [-0.15, -0.1) is 0 Å². The Labute approximate surface area is 189 Å². The first-order chi connectivity index (χ1) is 15.5. The van der Waals surface area contributed by atoms with E-state index in [2.05, 4.69) is 58.9 Å². The normalized spacial score (nSPS) is 16.2. The van der Waals surface area contributed by atoms with Crippen LogP contribution in [0.2, 0.25) is 0 Å². The molecule has 0 atom stereocenters. The lowest BCUT2D eigenvalue weighted by molar-refractivity contribution is 0.181. The lowest BCUT2D eigenvalue weighted by Gasteiger charge is -2.34.